The Hall–Kier alpha value is -2.46. The van der Waals surface area contributed by atoms with E-state index < -0.39 is 0 Å². The van der Waals surface area contributed by atoms with Crippen molar-refractivity contribution in [3.8, 4) is 11.5 Å². The zero-order valence-corrected chi connectivity index (χ0v) is 17.5. The lowest BCUT2D eigenvalue weighted by Gasteiger charge is -2.25. The number of aromatic amines is 1. The van der Waals surface area contributed by atoms with Crippen LogP contribution in [0.1, 0.15) is 49.2 Å². The number of nitrogens with one attached hydrogen (secondary N) is 2. The van der Waals surface area contributed by atoms with Crippen LogP contribution >= 0.6 is 0 Å². The van der Waals surface area contributed by atoms with E-state index in [1.165, 1.54) is 33.3 Å². The van der Waals surface area contributed by atoms with Crippen LogP contribution in [0, 0.1) is 0 Å². The van der Waals surface area contributed by atoms with Gasteiger partial charge >= 0.3 is 0 Å². The third-order valence-corrected chi connectivity index (χ3v) is 5.81. The first-order chi connectivity index (χ1) is 13.4. The maximum absolute atomic E-state index is 5.48. The summed E-state index contributed by atoms with van der Waals surface area (Å²) in [6, 6.07) is 13.3. The topological polar surface area (TPSA) is 46.3 Å². The number of hydrogen-bond acceptors (Lipinski definition) is 3. The number of ether oxygens (including phenoxy) is 2. The molecule has 0 bridgehead atoms. The van der Waals surface area contributed by atoms with Crippen LogP contribution in [0.4, 0.5) is 0 Å². The summed E-state index contributed by atoms with van der Waals surface area (Å²) in [5, 5.41) is 5.07. The highest BCUT2D eigenvalue weighted by Crippen LogP contribution is 2.35. The Labute approximate surface area is 167 Å². The first-order valence-electron chi connectivity index (χ1n) is 10.00. The van der Waals surface area contributed by atoms with Gasteiger partial charge in [-0.05, 0) is 65.8 Å². The zero-order valence-electron chi connectivity index (χ0n) is 17.5. The van der Waals surface area contributed by atoms with Crippen molar-refractivity contribution in [3.63, 3.8) is 0 Å². The molecule has 0 amide bonds. The summed E-state index contributed by atoms with van der Waals surface area (Å²) in [5.74, 6) is 1.55. The van der Waals surface area contributed by atoms with Gasteiger partial charge in [0.1, 0.15) is 0 Å². The molecule has 148 valence electrons. The summed E-state index contributed by atoms with van der Waals surface area (Å²) in [7, 11) is 3.35. The van der Waals surface area contributed by atoms with Crippen molar-refractivity contribution in [1.82, 2.24) is 10.3 Å². The Morgan fingerprint density at radius 2 is 1.79 bits per heavy atom. The number of benzene rings is 2. The maximum atomic E-state index is 5.48. The molecule has 0 radical (unpaired) electrons. The van der Waals surface area contributed by atoms with Gasteiger partial charge in [0.15, 0.2) is 11.5 Å². The van der Waals surface area contributed by atoms with Gasteiger partial charge in [-0.1, -0.05) is 32.9 Å². The largest absolute Gasteiger partial charge is 0.493 e. The Morgan fingerprint density at radius 1 is 1.00 bits per heavy atom. The Bertz CT molecular complexity index is 998. The second-order valence-electron chi connectivity index (χ2n) is 8.68. The van der Waals surface area contributed by atoms with Gasteiger partial charge in [-0.3, -0.25) is 0 Å². The molecule has 28 heavy (non-hydrogen) atoms. The second kappa shape index (κ2) is 7.17. The molecule has 2 N–H and O–H groups in total. The van der Waals surface area contributed by atoms with E-state index in [4.69, 9.17) is 9.47 Å². The van der Waals surface area contributed by atoms with Crippen molar-refractivity contribution < 1.29 is 9.47 Å². The first-order valence-corrected chi connectivity index (χ1v) is 10.00. The molecule has 1 aromatic heterocycles. The number of H-pyrrole nitrogens is 1. The minimum atomic E-state index is 0.157. The van der Waals surface area contributed by atoms with Crippen LogP contribution in [0.15, 0.2) is 36.4 Å². The molecular weight excluding hydrogens is 348 g/mol. The van der Waals surface area contributed by atoms with Gasteiger partial charge in [-0.25, -0.2) is 0 Å². The second-order valence-corrected chi connectivity index (χ2v) is 8.68. The molecule has 1 atom stereocenters. The molecule has 2 aromatic carbocycles. The monoisotopic (exact) mass is 378 g/mol. The van der Waals surface area contributed by atoms with Gasteiger partial charge < -0.3 is 19.8 Å². The van der Waals surface area contributed by atoms with Crippen LogP contribution < -0.4 is 14.8 Å². The maximum Gasteiger partial charge on any atom is 0.160 e. The van der Waals surface area contributed by atoms with Gasteiger partial charge in [-0.15, -0.1) is 0 Å². The van der Waals surface area contributed by atoms with Gasteiger partial charge in [0, 0.05) is 16.6 Å². The summed E-state index contributed by atoms with van der Waals surface area (Å²) >= 11 is 0. The lowest BCUT2D eigenvalue weighted by atomic mass is 9.85. The number of aromatic nitrogens is 1. The highest BCUT2D eigenvalue weighted by Gasteiger charge is 2.25. The Balaban J connectivity index is 1.69. The van der Waals surface area contributed by atoms with Crippen LogP contribution in [0.5, 0.6) is 11.5 Å². The minimum Gasteiger partial charge on any atom is -0.493 e. The van der Waals surface area contributed by atoms with E-state index in [1.54, 1.807) is 14.2 Å². The van der Waals surface area contributed by atoms with E-state index in [0.717, 1.165) is 30.9 Å². The molecule has 4 nitrogen and oxygen atoms in total. The van der Waals surface area contributed by atoms with Crippen LogP contribution in [0.3, 0.4) is 0 Å². The fourth-order valence-corrected chi connectivity index (χ4v) is 4.19. The van der Waals surface area contributed by atoms with E-state index in [2.05, 4.69) is 61.4 Å². The zero-order chi connectivity index (χ0) is 19.9. The van der Waals surface area contributed by atoms with E-state index in [0.29, 0.717) is 0 Å². The van der Waals surface area contributed by atoms with Gasteiger partial charge in [-0.2, -0.15) is 0 Å². The van der Waals surface area contributed by atoms with Gasteiger partial charge in [0.2, 0.25) is 0 Å². The minimum absolute atomic E-state index is 0.157. The molecule has 2 heterocycles. The first kappa shape index (κ1) is 18.9. The van der Waals surface area contributed by atoms with E-state index in [-0.39, 0.29) is 11.5 Å². The Kier molecular flexibility index (Phi) is 4.84. The molecule has 4 heteroatoms. The van der Waals surface area contributed by atoms with Crippen molar-refractivity contribution in [1.29, 1.82) is 0 Å². The average Bonchev–Trinajstić information content (AvgIpc) is 3.06. The number of fused-ring (bicyclic) bond motifs is 3. The highest BCUT2D eigenvalue weighted by molar-refractivity contribution is 5.86. The fourth-order valence-electron chi connectivity index (χ4n) is 4.19. The standard InChI is InChI=1S/C24H30N2O2/c1-24(2,3)16-7-8-19-18(14-16)17-10-11-25-20(23(17)26-19)12-15-6-9-21(27-4)22(13-15)28-5/h6-9,13-14,20,25-26H,10-12H2,1-5H3. The predicted octanol–water partition coefficient (Wildman–Crippen LogP) is 4.91. The van der Waals surface area contributed by atoms with Crippen molar-refractivity contribution in [2.24, 2.45) is 0 Å². The molecule has 1 aliphatic heterocycles. The molecule has 1 aliphatic rings. The molecule has 0 aliphatic carbocycles. The Morgan fingerprint density at radius 3 is 2.50 bits per heavy atom. The van der Waals surface area contributed by atoms with Crippen LogP contribution in [0.2, 0.25) is 0 Å². The molecule has 3 aromatic rings. The summed E-state index contributed by atoms with van der Waals surface area (Å²) in [6.07, 6.45) is 1.97. The fraction of sp³-hybridized carbons (Fsp3) is 0.417. The number of methoxy groups -OCH3 is 2. The summed E-state index contributed by atoms with van der Waals surface area (Å²) < 4.78 is 10.8. The molecule has 1 unspecified atom stereocenters. The highest BCUT2D eigenvalue weighted by atomic mass is 16.5. The van der Waals surface area contributed by atoms with Gasteiger partial charge in [0.05, 0.1) is 20.3 Å². The molecule has 0 saturated heterocycles. The lowest BCUT2D eigenvalue weighted by Crippen LogP contribution is -2.31. The number of rotatable bonds is 4. The molecular formula is C24H30N2O2. The van der Waals surface area contributed by atoms with E-state index in [9.17, 15) is 0 Å². The quantitative estimate of drug-likeness (QED) is 0.678. The number of hydrogen-bond donors (Lipinski definition) is 2. The van der Waals surface area contributed by atoms with Crippen LogP contribution in [-0.4, -0.2) is 25.7 Å². The third-order valence-electron chi connectivity index (χ3n) is 5.81. The summed E-state index contributed by atoms with van der Waals surface area (Å²) in [4.78, 5) is 3.70. The van der Waals surface area contributed by atoms with Crippen LogP contribution in [-0.2, 0) is 18.3 Å². The predicted molar refractivity (Wildman–Crippen MR) is 115 cm³/mol. The average molecular weight is 379 g/mol. The molecule has 0 fully saturated rings. The van der Waals surface area contributed by atoms with Crippen molar-refractivity contribution in [2.75, 3.05) is 20.8 Å². The van der Waals surface area contributed by atoms with Crippen LogP contribution in [0.25, 0.3) is 10.9 Å². The lowest BCUT2D eigenvalue weighted by molar-refractivity contribution is 0.354. The van der Waals surface area contributed by atoms with Crippen molar-refractivity contribution >= 4 is 10.9 Å². The molecule has 0 spiro atoms. The van der Waals surface area contributed by atoms with Crippen molar-refractivity contribution in [3.05, 3.63) is 58.8 Å². The van der Waals surface area contributed by atoms with E-state index in [1.807, 2.05) is 6.07 Å². The molecule has 0 saturated carbocycles. The molecule has 4 rings (SSSR count). The summed E-state index contributed by atoms with van der Waals surface area (Å²) in [6.45, 7) is 7.82. The normalized spacial score (nSPS) is 16.8. The SMILES string of the molecule is COc1ccc(CC2NCCc3c2[nH]c2ccc(C(C)(C)C)cc32)cc1OC. The van der Waals surface area contributed by atoms with E-state index >= 15 is 0 Å². The van der Waals surface area contributed by atoms with Gasteiger partial charge in [0.25, 0.3) is 0 Å². The summed E-state index contributed by atoms with van der Waals surface area (Å²) in [5.41, 5.74) is 6.80. The third kappa shape index (κ3) is 3.37. The van der Waals surface area contributed by atoms with Crippen molar-refractivity contribution in [2.45, 2.75) is 45.1 Å². The smallest absolute Gasteiger partial charge is 0.160 e.